The third-order valence-electron chi connectivity index (χ3n) is 7.10. The highest BCUT2D eigenvalue weighted by Gasteiger charge is 1.99. The smallest absolute Gasteiger partial charge is 0.119 e. The fourth-order valence-electron chi connectivity index (χ4n) is 4.46. The molecule has 0 aromatic heterocycles. The van der Waals surface area contributed by atoms with E-state index in [0.29, 0.717) is 111 Å². The molecule has 2 N–H and O–H groups in total. The molecule has 0 saturated carbocycles. The second kappa shape index (κ2) is 30.9. The maximum atomic E-state index is 5.78. The molecule has 0 heterocycles. The average Bonchev–Trinajstić information content (AvgIpc) is 3.09. The van der Waals surface area contributed by atoms with Crippen molar-refractivity contribution in [2.75, 3.05) is 111 Å². The summed E-state index contributed by atoms with van der Waals surface area (Å²) in [7, 11) is 0. The van der Waals surface area contributed by atoms with Gasteiger partial charge in [0, 0.05) is 5.69 Å². The van der Waals surface area contributed by atoms with Gasteiger partial charge in [-0.2, -0.15) is 0 Å². The van der Waals surface area contributed by atoms with E-state index in [4.69, 9.17) is 48.4 Å². The molecule has 47 heavy (non-hydrogen) atoms. The predicted molar refractivity (Wildman–Crippen MR) is 186 cm³/mol. The van der Waals surface area contributed by atoms with E-state index in [1.165, 1.54) is 50.5 Å². The molecule has 0 amide bonds. The van der Waals surface area contributed by atoms with Crippen molar-refractivity contribution in [2.24, 2.45) is 0 Å². The van der Waals surface area contributed by atoms with Crippen molar-refractivity contribution in [3.63, 3.8) is 0 Å². The summed E-state index contributed by atoms with van der Waals surface area (Å²) in [5.74, 6) is 1.66. The molecular formula is C37H61NO9. The van der Waals surface area contributed by atoms with Gasteiger partial charge in [-0.25, -0.2) is 0 Å². The third kappa shape index (κ3) is 25.3. The molecule has 0 aliphatic carbocycles. The minimum atomic E-state index is 0.480. The van der Waals surface area contributed by atoms with Crippen LogP contribution in [-0.2, 0) is 39.6 Å². The Hall–Kier alpha value is -2.44. The normalized spacial score (nSPS) is 11.3. The zero-order valence-corrected chi connectivity index (χ0v) is 28.8. The summed E-state index contributed by atoms with van der Waals surface area (Å²) in [4.78, 5) is 0. The molecule has 0 saturated heterocycles. The lowest BCUT2D eigenvalue weighted by Crippen LogP contribution is -2.15. The molecule has 268 valence electrons. The first-order valence-electron chi connectivity index (χ1n) is 17.5. The Morgan fingerprint density at radius 3 is 1.09 bits per heavy atom. The van der Waals surface area contributed by atoms with Crippen LogP contribution < -0.4 is 15.2 Å². The van der Waals surface area contributed by atoms with Crippen molar-refractivity contribution in [1.82, 2.24) is 0 Å². The minimum absolute atomic E-state index is 0.480. The second-order valence-electron chi connectivity index (χ2n) is 11.1. The van der Waals surface area contributed by atoms with Crippen molar-refractivity contribution >= 4 is 5.69 Å². The number of nitrogens with two attached hydrogens (primary N) is 1. The lowest BCUT2D eigenvalue weighted by atomic mass is 10.0. The van der Waals surface area contributed by atoms with E-state index in [2.05, 4.69) is 31.2 Å². The summed E-state index contributed by atoms with van der Waals surface area (Å²) >= 11 is 0. The lowest BCUT2D eigenvalue weighted by molar-refractivity contribution is -0.0218. The van der Waals surface area contributed by atoms with Gasteiger partial charge in [-0.3, -0.25) is 0 Å². The molecule has 2 aromatic carbocycles. The van der Waals surface area contributed by atoms with Crippen molar-refractivity contribution in [3.05, 3.63) is 54.1 Å². The molecule has 0 aliphatic rings. The number of rotatable bonds is 34. The van der Waals surface area contributed by atoms with E-state index >= 15 is 0 Å². The SMILES string of the molecule is CCCCCCCCCc1ccc(OCCOCCOCCOCCOCCOCCOCCOCCOc2ccc(N)cc2)cc1. The van der Waals surface area contributed by atoms with Gasteiger partial charge >= 0.3 is 0 Å². The van der Waals surface area contributed by atoms with Crippen LogP contribution in [-0.4, -0.2) is 106 Å². The molecule has 10 heteroatoms. The highest BCUT2D eigenvalue weighted by Crippen LogP contribution is 2.15. The molecule has 0 bridgehead atoms. The largest absolute Gasteiger partial charge is 0.491 e. The number of aryl methyl sites for hydroxylation is 1. The van der Waals surface area contributed by atoms with Crippen LogP contribution in [0.3, 0.4) is 0 Å². The molecule has 2 aromatic rings. The molecule has 0 radical (unpaired) electrons. The Morgan fingerprint density at radius 1 is 0.383 bits per heavy atom. The standard InChI is InChI=1S/C37H61NO9/c1-2-3-4-5-6-7-8-9-34-10-14-36(15-11-34)46-32-30-44-28-26-42-24-22-40-20-18-39-19-21-41-23-25-43-27-29-45-31-33-47-37-16-12-35(38)13-17-37/h10-17H,2-9,18-33,38H2,1H3. The van der Waals surface area contributed by atoms with Gasteiger partial charge in [0.15, 0.2) is 0 Å². The van der Waals surface area contributed by atoms with Crippen LogP contribution in [0, 0.1) is 0 Å². The molecular weight excluding hydrogens is 602 g/mol. The molecule has 0 fully saturated rings. The summed E-state index contributed by atoms with van der Waals surface area (Å²) in [6.45, 7) is 10.5. The van der Waals surface area contributed by atoms with Crippen molar-refractivity contribution in [3.8, 4) is 11.5 Å². The van der Waals surface area contributed by atoms with E-state index in [9.17, 15) is 0 Å². The van der Waals surface area contributed by atoms with Crippen LogP contribution >= 0.6 is 0 Å². The Labute approximate surface area is 283 Å². The highest BCUT2D eigenvalue weighted by molar-refractivity contribution is 5.41. The number of hydrogen-bond donors (Lipinski definition) is 1. The van der Waals surface area contributed by atoms with Gasteiger partial charge in [-0.05, 0) is 54.8 Å². The van der Waals surface area contributed by atoms with Crippen LogP contribution in [0.4, 0.5) is 5.69 Å². The maximum Gasteiger partial charge on any atom is 0.119 e. The first kappa shape index (κ1) is 40.7. The first-order chi connectivity index (χ1) is 23.3. The van der Waals surface area contributed by atoms with Gasteiger partial charge in [-0.15, -0.1) is 0 Å². The van der Waals surface area contributed by atoms with Crippen LogP contribution in [0.1, 0.15) is 57.4 Å². The van der Waals surface area contributed by atoms with Gasteiger partial charge in [0.25, 0.3) is 0 Å². The third-order valence-corrected chi connectivity index (χ3v) is 7.10. The van der Waals surface area contributed by atoms with Crippen LogP contribution in [0.5, 0.6) is 11.5 Å². The van der Waals surface area contributed by atoms with Crippen molar-refractivity contribution in [2.45, 2.75) is 58.3 Å². The maximum absolute atomic E-state index is 5.78. The number of ether oxygens (including phenoxy) is 9. The van der Waals surface area contributed by atoms with Gasteiger partial charge < -0.3 is 48.4 Å². The van der Waals surface area contributed by atoms with Gasteiger partial charge in [0.1, 0.15) is 24.7 Å². The van der Waals surface area contributed by atoms with Crippen molar-refractivity contribution in [1.29, 1.82) is 0 Å². The summed E-state index contributed by atoms with van der Waals surface area (Å²) in [6.07, 6.45) is 10.5. The molecule has 0 unspecified atom stereocenters. The first-order valence-corrected chi connectivity index (χ1v) is 17.5. The molecule has 10 nitrogen and oxygen atoms in total. The monoisotopic (exact) mass is 663 g/mol. The Morgan fingerprint density at radius 2 is 0.702 bits per heavy atom. The number of anilines is 1. The minimum Gasteiger partial charge on any atom is -0.491 e. The van der Waals surface area contributed by atoms with Crippen LogP contribution in [0.2, 0.25) is 0 Å². The van der Waals surface area contributed by atoms with E-state index in [1.54, 1.807) is 12.1 Å². The second-order valence-corrected chi connectivity index (χ2v) is 11.1. The van der Waals surface area contributed by atoms with E-state index in [1.807, 2.05) is 12.1 Å². The Balaban J connectivity index is 1.21. The quantitative estimate of drug-likeness (QED) is 0.0693. The average molecular weight is 664 g/mol. The number of hydrogen-bond acceptors (Lipinski definition) is 10. The summed E-state index contributed by atoms with van der Waals surface area (Å²) in [5, 5.41) is 0. The number of benzene rings is 2. The molecule has 0 aliphatic heterocycles. The summed E-state index contributed by atoms with van der Waals surface area (Å²) in [5.41, 5.74) is 7.74. The topological polar surface area (TPSA) is 109 Å². The fourth-order valence-corrected chi connectivity index (χ4v) is 4.46. The molecule has 0 spiro atoms. The Kier molecular flexibility index (Phi) is 26.8. The van der Waals surface area contributed by atoms with Crippen LogP contribution in [0.25, 0.3) is 0 Å². The van der Waals surface area contributed by atoms with E-state index < -0.39 is 0 Å². The van der Waals surface area contributed by atoms with E-state index in [0.717, 1.165) is 17.9 Å². The number of unbranched alkanes of at least 4 members (excludes halogenated alkanes) is 6. The fraction of sp³-hybridized carbons (Fsp3) is 0.676. The van der Waals surface area contributed by atoms with E-state index in [-0.39, 0.29) is 0 Å². The zero-order chi connectivity index (χ0) is 33.3. The molecule has 0 atom stereocenters. The Bertz CT molecular complexity index is 930. The van der Waals surface area contributed by atoms with Gasteiger partial charge in [-0.1, -0.05) is 57.6 Å². The molecule has 2 rings (SSSR count). The highest BCUT2D eigenvalue weighted by atomic mass is 16.6. The van der Waals surface area contributed by atoms with Crippen molar-refractivity contribution < 1.29 is 42.6 Å². The zero-order valence-electron chi connectivity index (χ0n) is 28.8. The summed E-state index contributed by atoms with van der Waals surface area (Å²) in [6, 6.07) is 15.7. The summed E-state index contributed by atoms with van der Waals surface area (Å²) < 4.78 is 50.0. The van der Waals surface area contributed by atoms with Gasteiger partial charge in [0.2, 0.25) is 0 Å². The predicted octanol–water partition coefficient (Wildman–Crippen LogP) is 6.14. The lowest BCUT2D eigenvalue weighted by Gasteiger charge is -2.09. The number of nitrogen functional groups attached to an aromatic ring is 1. The van der Waals surface area contributed by atoms with Gasteiger partial charge in [0.05, 0.1) is 92.5 Å². The van der Waals surface area contributed by atoms with Crippen LogP contribution in [0.15, 0.2) is 48.5 Å².